The van der Waals surface area contributed by atoms with Crippen LogP contribution in [0.3, 0.4) is 0 Å². The standard InChI is InChI=1S/C23H21N5O2/c1-16-14-17(2)25-23(24-16)26-22(29)21-12-13-28(27-21)15-30-20-10-8-19(9-11-20)18-6-4-3-5-7-18/h3-14H,15H2,1-2H3,(H,24,25,26,29). The topological polar surface area (TPSA) is 81.9 Å². The lowest BCUT2D eigenvalue weighted by molar-refractivity contribution is 0.101. The first-order valence-electron chi connectivity index (χ1n) is 9.52. The molecule has 2 aromatic carbocycles. The van der Waals surface area contributed by atoms with Gasteiger partial charge in [0.1, 0.15) is 5.75 Å². The second-order valence-electron chi connectivity index (χ2n) is 6.83. The third kappa shape index (κ3) is 4.70. The van der Waals surface area contributed by atoms with Crippen LogP contribution in [-0.2, 0) is 6.73 Å². The lowest BCUT2D eigenvalue weighted by Gasteiger charge is -2.08. The van der Waals surface area contributed by atoms with Crippen LogP contribution in [0.25, 0.3) is 11.1 Å². The van der Waals surface area contributed by atoms with Crippen LogP contribution in [0.4, 0.5) is 5.95 Å². The van der Waals surface area contributed by atoms with Crippen molar-refractivity contribution in [1.82, 2.24) is 19.7 Å². The number of nitrogens with one attached hydrogen (secondary N) is 1. The minimum Gasteiger partial charge on any atom is -0.471 e. The minimum atomic E-state index is -0.369. The lowest BCUT2D eigenvalue weighted by Crippen LogP contribution is -2.16. The Morgan fingerprint density at radius 3 is 2.30 bits per heavy atom. The Bertz CT molecular complexity index is 1130. The first-order valence-corrected chi connectivity index (χ1v) is 9.52. The van der Waals surface area contributed by atoms with Crippen LogP contribution >= 0.6 is 0 Å². The van der Waals surface area contributed by atoms with Gasteiger partial charge < -0.3 is 4.74 Å². The largest absolute Gasteiger partial charge is 0.471 e. The highest BCUT2D eigenvalue weighted by Crippen LogP contribution is 2.22. The zero-order chi connectivity index (χ0) is 20.9. The predicted molar refractivity (Wildman–Crippen MR) is 114 cm³/mol. The summed E-state index contributed by atoms with van der Waals surface area (Å²) in [6, 6.07) is 21.5. The molecule has 0 aliphatic rings. The molecule has 150 valence electrons. The molecule has 0 bridgehead atoms. The van der Waals surface area contributed by atoms with Gasteiger partial charge >= 0.3 is 0 Å². The number of carbonyl (C=O) groups is 1. The van der Waals surface area contributed by atoms with E-state index in [1.807, 2.05) is 62.4 Å². The molecule has 2 aromatic heterocycles. The Hall–Kier alpha value is -4.00. The van der Waals surface area contributed by atoms with Gasteiger partial charge in [-0.1, -0.05) is 42.5 Å². The van der Waals surface area contributed by atoms with Gasteiger partial charge in [0.2, 0.25) is 5.95 Å². The van der Waals surface area contributed by atoms with Crippen LogP contribution in [0.5, 0.6) is 5.75 Å². The Kier molecular flexibility index (Phi) is 5.52. The first-order chi connectivity index (χ1) is 14.6. The normalized spacial score (nSPS) is 10.6. The molecule has 0 radical (unpaired) electrons. The maximum Gasteiger partial charge on any atom is 0.278 e. The van der Waals surface area contributed by atoms with Gasteiger partial charge in [-0.05, 0) is 49.2 Å². The number of aryl methyl sites for hydroxylation is 2. The number of rotatable bonds is 6. The SMILES string of the molecule is Cc1cc(C)nc(NC(=O)c2ccn(COc3ccc(-c4ccccc4)cc3)n2)n1. The van der Waals surface area contributed by atoms with Gasteiger partial charge in [0, 0.05) is 17.6 Å². The Balaban J connectivity index is 1.36. The number of hydrogen-bond donors (Lipinski definition) is 1. The Morgan fingerprint density at radius 2 is 1.60 bits per heavy atom. The van der Waals surface area contributed by atoms with E-state index in [0.717, 1.165) is 28.3 Å². The fourth-order valence-electron chi connectivity index (χ4n) is 3.02. The number of anilines is 1. The molecule has 0 fully saturated rings. The van der Waals surface area contributed by atoms with E-state index < -0.39 is 0 Å². The molecule has 1 N–H and O–H groups in total. The zero-order valence-corrected chi connectivity index (χ0v) is 16.7. The number of hydrogen-bond acceptors (Lipinski definition) is 5. The molecule has 0 aliphatic carbocycles. The molecule has 30 heavy (non-hydrogen) atoms. The fourth-order valence-corrected chi connectivity index (χ4v) is 3.02. The zero-order valence-electron chi connectivity index (χ0n) is 16.7. The molecule has 1 amide bonds. The highest BCUT2D eigenvalue weighted by atomic mass is 16.5. The molecule has 0 aliphatic heterocycles. The highest BCUT2D eigenvalue weighted by molar-refractivity contribution is 6.01. The van der Waals surface area contributed by atoms with Crippen molar-refractivity contribution in [2.24, 2.45) is 0 Å². The van der Waals surface area contributed by atoms with Crippen LogP contribution in [0, 0.1) is 13.8 Å². The molecule has 7 heteroatoms. The van der Waals surface area contributed by atoms with Crippen molar-refractivity contribution in [2.45, 2.75) is 20.6 Å². The summed E-state index contributed by atoms with van der Waals surface area (Å²) < 4.78 is 7.33. The van der Waals surface area contributed by atoms with Gasteiger partial charge in [-0.2, -0.15) is 5.10 Å². The van der Waals surface area contributed by atoms with Gasteiger partial charge in [-0.3, -0.25) is 10.1 Å². The molecule has 7 nitrogen and oxygen atoms in total. The fraction of sp³-hybridized carbons (Fsp3) is 0.130. The molecule has 0 saturated heterocycles. The summed E-state index contributed by atoms with van der Waals surface area (Å²) in [7, 11) is 0. The third-order valence-corrected chi connectivity index (χ3v) is 4.41. The summed E-state index contributed by atoms with van der Waals surface area (Å²) in [5.74, 6) is 0.618. The number of benzene rings is 2. The molecule has 4 rings (SSSR count). The van der Waals surface area contributed by atoms with E-state index in [-0.39, 0.29) is 24.3 Å². The second kappa shape index (κ2) is 8.57. The highest BCUT2D eigenvalue weighted by Gasteiger charge is 2.12. The van der Waals surface area contributed by atoms with E-state index >= 15 is 0 Å². The molecule has 0 atom stereocenters. The monoisotopic (exact) mass is 399 g/mol. The Morgan fingerprint density at radius 1 is 0.933 bits per heavy atom. The van der Waals surface area contributed by atoms with Gasteiger partial charge in [-0.25, -0.2) is 14.6 Å². The van der Waals surface area contributed by atoms with Crippen molar-refractivity contribution in [1.29, 1.82) is 0 Å². The predicted octanol–water partition coefficient (Wildman–Crippen LogP) is 4.25. The minimum absolute atomic E-state index is 0.192. The van der Waals surface area contributed by atoms with Crippen LogP contribution in [0.1, 0.15) is 21.9 Å². The average molecular weight is 399 g/mol. The quantitative estimate of drug-likeness (QED) is 0.524. The van der Waals surface area contributed by atoms with Crippen molar-refractivity contribution in [3.8, 4) is 16.9 Å². The molecular weight excluding hydrogens is 378 g/mol. The second-order valence-corrected chi connectivity index (χ2v) is 6.83. The van der Waals surface area contributed by atoms with Crippen LogP contribution in [0.2, 0.25) is 0 Å². The first kappa shape index (κ1) is 19.3. The maximum atomic E-state index is 12.4. The number of aromatic nitrogens is 4. The lowest BCUT2D eigenvalue weighted by atomic mass is 10.1. The van der Waals surface area contributed by atoms with Crippen molar-refractivity contribution >= 4 is 11.9 Å². The van der Waals surface area contributed by atoms with Gasteiger partial charge in [0.15, 0.2) is 12.4 Å². The van der Waals surface area contributed by atoms with Gasteiger partial charge in [-0.15, -0.1) is 0 Å². The number of ether oxygens (including phenoxy) is 1. The van der Waals surface area contributed by atoms with Crippen molar-refractivity contribution in [3.05, 3.63) is 90.0 Å². The number of amides is 1. The van der Waals surface area contributed by atoms with Gasteiger partial charge in [0.05, 0.1) is 0 Å². The van der Waals surface area contributed by atoms with Crippen LogP contribution in [-0.4, -0.2) is 25.7 Å². The molecule has 0 unspecified atom stereocenters. The van der Waals surface area contributed by atoms with E-state index in [9.17, 15) is 4.79 Å². The number of nitrogens with zero attached hydrogens (tertiary/aromatic N) is 4. The maximum absolute atomic E-state index is 12.4. The van der Waals surface area contributed by atoms with E-state index in [4.69, 9.17) is 4.74 Å². The molecular formula is C23H21N5O2. The van der Waals surface area contributed by atoms with E-state index in [1.54, 1.807) is 16.9 Å². The van der Waals surface area contributed by atoms with Crippen molar-refractivity contribution in [2.75, 3.05) is 5.32 Å². The van der Waals surface area contributed by atoms with Crippen LogP contribution < -0.4 is 10.1 Å². The van der Waals surface area contributed by atoms with E-state index in [0.29, 0.717) is 0 Å². The average Bonchev–Trinajstić information content (AvgIpc) is 3.22. The molecule has 0 saturated carbocycles. The smallest absolute Gasteiger partial charge is 0.278 e. The Labute approximate surface area is 174 Å². The summed E-state index contributed by atoms with van der Waals surface area (Å²) >= 11 is 0. The van der Waals surface area contributed by atoms with E-state index in [1.165, 1.54) is 0 Å². The van der Waals surface area contributed by atoms with Crippen molar-refractivity contribution < 1.29 is 9.53 Å². The molecule has 2 heterocycles. The summed E-state index contributed by atoms with van der Waals surface area (Å²) in [6.45, 7) is 3.89. The summed E-state index contributed by atoms with van der Waals surface area (Å²) in [5, 5.41) is 6.93. The van der Waals surface area contributed by atoms with Crippen LogP contribution in [0.15, 0.2) is 72.9 Å². The van der Waals surface area contributed by atoms with Gasteiger partial charge in [0.25, 0.3) is 5.91 Å². The molecule has 0 spiro atoms. The summed E-state index contributed by atoms with van der Waals surface area (Å²) in [6.07, 6.45) is 1.69. The van der Waals surface area contributed by atoms with Crippen molar-refractivity contribution in [3.63, 3.8) is 0 Å². The molecule has 4 aromatic rings. The van der Waals surface area contributed by atoms with E-state index in [2.05, 4.69) is 32.5 Å². The number of carbonyl (C=O) groups excluding carboxylic acids is 1. The summed E-state index contributed by atoms with van der Waals surface area (Å²) in [5.41, 5.74) is 4.11. The summed E-state index contributed by atoms with van der Waals surface area (Å²) in [4.78, 5) is 20.8. The third-order valence-electron chi connectivity index (χ3n) is 4.41.